The van der Waals surface area contributed by atoms with E-state index in [-0.39, 0.29) is 0 Å². The Morgan fingerprint density at radius 2 is 2.17 bits per heavy atom. The lowest BCUT2D eigenvalue weighted by Crippen LogP contribution is -1.97. The minimum Gasteiger partial charge on any atom is -0.384 e. The van der Waals surface area contributed by atoms with Crippen molar-refractivity contribution in [3.05, 3.63) is 47.5 Å². The summed E-state index contributed by atoms with van der Waals surface area (Å²) in [5, 5.41) is 9.62. The highest BCUT2D eigenvalue weighted by Gasteiger charge is 2.06. The van der Waals surface area contributed by atoms with Crippen molar-refractivity contribution in [2.45, 2.75) is 20.0 Å². The third kappa shape index (κ3) is 1.95. The Morgan fingerprint density at radius 1 is 1.50 bits per heavy atom. The molecule has 1 atom stereocenters. The van der Waals surface area contributed by atoms with E-state index < -0.39 is 6.10 Å². The Labute approximate surface area is 73.4 Å². The first-order valence-electron chi connectivity index (χ1n) is 4.01. The Morgan fingerprint density at radius 3 is 2.67 bits per heavy atom. The third-order valence-corrected chi connectivity index (χ3v) is 1.82. The molecule has 1 heteroatoms. The molecule has 1 N–H and O–H groups in total. The lowest BCUT2D eigenvalue weighted by atomic mass is 10.0. The molecule has 0 aliphatic carbocycles. The fourth-order valence-electron chi connectivity index (χ4n) is 1.12. The molecule has 0 heterocycles. The van der Waals surface area contributed by atoms with Crippen LogP contribution in [0, 0.1) is 6.92 Å². The highest BCUT2D eigenvalue weighted by molar-refractivity contribution is 5.28. The van der Waals surface area contributed by atoms with E-state index in [0.717, 1.165) is 16.7 Å². The van der Waals surface area contributed by atoms with Crippen molar-refractivity contribution in [3.8, 4) is 0 Å². The second-order valence-corrected chi connectivity index (χ2v) is 3.16. The summed E-state index contributed by atoms with van der Waals surface area (Å²) >= 11 is 0. The number of aryl methyl sites for hydroxylation is 1. The fraction of sp³-hybridized carbons (Fsp3) is 0.273. The summed E-state index contributed by atoms with van der Waals surface area (Å²) in [5.74, 6) is 0. The molecular weight excluding hydrogens is 148 g/mol. The van der Waals surface area contributed by atoms with Crippen molar-refractivity contribution >= 4 is 0 Å². The molecule has 0 bridgehead atoms. The highest BCUT2D eigenvalue weighted by Crippen LogP contribution is 2.19. The first-order valence-corrected chi connectivity index (χ1v) is 4.01. The first kappa shape index (κ1) is 9.01. The van der Waals surface area contributed by atoms with Crippen molar-refractivity contribution < 1.29 is 5.11 Å². The van der Waals surface area contributed by atoms with Gasteiger partial charge in [-0.15, -0.1) is 0 Å². The summed E-state index contributed by atoms with van der Waals surface area (Å²) in [6.45, 7) is 7.55. The Bertz CT molecular complexity index is 289. The smallest absolute Gasteiger partial charge is 0.0995 e. The van der Waals surface area contributed by atoms with Gasteiger partial charge >= 0.3 is 0 Å². The normalized spacial score (nSPS) is 12.6. The molecule has 0 saturated carbocycles. The van der Waals surface area contributed by atoms with Gasteiger partial charge in [0.05, 0.1) is 6.10 Å². The monoisotopic (exact) mass is 162 g/mol. The van der Waals surface area contributed by atoms with Gasteiger partial charge in [0, 0.05) is 0 Å². The van der Waals surface area contributed by atoms with Crippen LogP contribution in [0.2, 0.25) is 0 Å². The second kappa shape index (κ2) is 3.55. The summed E-state index contributed by atoms with van der Waals surface area (Å²) in [6.07, 6.45) is -0.523. The lowest BCUT2D eigenvalue weighted by molar-refractivity contribution is 0.216. The molecule has 0 amide bonds. The van der Waals surface area contributed by atoms with Crippen molar-refractivity contribution in [1.29, 1.82) is 0 Å². The molecule has 1 aromatic rings. The van der Waals surface area contributed by atoms with Gasteiger partial charge in [0.15, 0.2) is 0 Å². The van der Waals surface area contributed by atoms with Crippen LogP contribution in [-0.2, 0) is 0 Å². The zero-order valence-electron chi connectivity index (χ0n) is 7.54. The van der Waals surface area contributed by atoms with E-state index in [4.69, 9.17) is 0 Å². The number of aliphatic hydroxyl groups is 1. The highest BCUT2D eigenvalue weighted by atomic mass is 16.3. The summed E-state index contributed by atoms with van der Waals surface area (Å²) in [7, 11) is 0. The summed E-state index contributed by atoms with van der Waals surface area (Å²) < 4.78 is 0. The zero-order chi connectivity index (χ0) is 9.14. The van der Waals surface area contributed by atoms with E-state index >= 15 is 0 Å². The van der Waals surface area contributed by atoms with Crippen LogP contribution < -0.4 is 0 Å². The quantitative estimate of drug-likeness (QED) is 0.663. The lowest BCUT2D eigenvalue weighted by Gasteiger charge is -2.10. The van der Waals surface area contributed by atoms with Gasteiger partial charge in [-0.1, -0.05) is 36.4 Å². The maximum absolute atomic E-state index is 9.62. The molecule has 0 aliphatic rings. The second-order valence-electron chi connectivity index (χ2n) is 3.16. The van der Waals surface area contributed by atoms with Crippen LogP contribution in [0.4, 0.5) is 0 Å². The van der Waals surface area contributed by atoms with Gasteiger partial charge in [0.25, 0.3) is 0 Å². The van der Waals surface area contributed by atoms with Gasteiger partial charge in [-0.05, 0) is 25.0 Å². The minimum absolute atomic E-state index is 0.523. The zero-order valence-corrected chi connectivity index (χ0v) is 7.54. The average Bonchev–Trinajstić information content (AvgIpc) is 2.03. The molecule has 1 aromatic carbocycles. The largest absolute Gasteiger partial charge is 0.384 e. The topological polar surface area (TPSA) is 20.2 Å². The van der Waals surface area contributed by atoms with Crippen LogP contribution >= 0.6 is 0 Å². The van der Waals surface area contributed by atoms with E-state index in [1.807, 2.05) is 38.1 Å². The molecule has 0 aliphatic heterocycles. The number of benzene rings is 1. The maximum Gasteiger partial charge on any atom is 0.0995 e. The molecule has 12 heavy (non-hydrogen) atoms. The standard InChI is InChI=1S/C11H14O/c1-8(2)11(12)10-6-4-5-9(3)7-10/h4-7,11-12H,1H2,2-3H3. The summed E-state index contributed by atoms with van der Waals surface area (Å²) in [4.78, 5) is 0. The number of hydrogen-bond donors (Lipinski definition) is 1. The van der Waals surface area contributed by atoms with Gasteiger partial charge in [-0.25, -0.2) is 0 Å². The Kier molecular flexibility index (Phi) is 2.66. The maximum atomic E-state index is 9.62. The summed E-state index contributed by atoms with van der Waals surface area (Å²) in [6, 6.07) is 7.83. The van der Waals surface area contributed by atoms with E-state index in [0.29, 0.717) is 0 Å². The average molecular weight is 162 g/mol. The summed E-state index contributed by atoms with van der Waals surface area (Å²) in [5.41, 5.74) is 2.86. The fourth-order valence-corrected chi connectivity index (χ4v) is 1.12. The Hall–Kier alpha value is -1.08. The molecule has 0 aromatic heterocycles. The van der Waals surface area contributed by atoms with E-state index in [2.05, 4.69) is 6.58 Å². The van der Waals surface area contributed by atoms with Crippen LogP contribution in [0.1, 0.15) is 24.2 Å². The van der Waals surface area contributed by atoms with Crippen molar-refractivity contribution in [2.24, 2.45) is 0 Å². The van der Waals surface area contributed by atoms with Gasteiger partial charge in [0.2, 0.25) is 0 Å². The van der Waals surface area contributed by atoms with Gasteiger partial charge < -0.3 is 5.11 Å². The molecule has 0 saturated heterocycles. The number of aliphatic hydroxyl groups excluding tert-OH is 1. The SMILES string of the molecule is C=C(C)C(O)c1cccc(C)c1. The molecule has 0 fully saturated rings. The molecule has 1 unspecified atom stereocenters. The molecule has 0 radical (unpaired) electrons. The molecular formula is C11H14O. The van der Waals surface area contributed by atoms with E-state index in [1.165, 1.54) is 0 Å². The van der Waals surface area contributed by atoms with E-state index in [9.17, 15) is 5.11 Å². The van der Waals surface area contributed by atoms with Crippen LogP contribution in [0.25, 0.3) is 0 Å². The van der Waals surface area contributed by atoms with Gasteiger partial charge in [0.1, 0.15) is 0 Å². The molecule has 1 nitrogen and oxygen atoms in total. The van der Waals surface area contributed by atoms with Crippen molar-refractivity contribution in [1.82, 2.24) is 0 Å². The third-order valence-electron chi connectivity index (χ3n) is 1.82. The van der Waals surface area contributed by atoms with Crippen molar-refractivity contribution in [2.75, 3.05) is 0 Å². The van der Waals surface area contributed by atoms with Gasteiger partial charge in [-0.2, -0.15) is 0 Å². The van der Waals surface area contributed by atoms with Gasteiger partial charge in [-0.3, -0.25) is 0 Å². The Balaban J connectivity index is 2.95. The predicted molar refractivity (Wildman–Crippen MR) is 51.0 cm³/mol. The minimum atomic E-state index is -0.523. The molecule has 1 rings (SSSR count). The van der Waals surface area contributed by atoms with E-state index in [1.54, 1.807) is 0 Å². The molecule has 0 spiro atoms. The van der Waals surface area contributed by atoms with Crippen LogP contribution in [0.15, 0.2) is 36.4 Å². The van der Waals surface area contributed by atoms with Crippen LogP contribution in [0.5, 0.6) is 0 Å². The number of rotatable bonds is 2. The van der Waals surface area contributed by atoms with Crippen molar-refractivity contribution in [3.63, 3.8) is 0 Å². The first-order chi connectivity index (χ1) is 5.61. The predicted octanol–water partition coefficient (Wildman–Crippen LogP) is 2.60. The number of hydrogen-bond acceptors (Lipinski definition) is 1. The van der Waals surface area contributed by atoms with Crippen LogP contribution in [0.3, 0.4) is 0 Å². The molecule has 64 valence electrons. The van der Waals surface area contributed by atoms with Crippen LogP contribution in [-0.4, -0.2) is 5.11 Å².